The highest BCUT2D eigenvalue weighted by Crippen LogP contribution is 2.32. The number of hydrogen-bond acceptors (Lipinski definition) is 10. The summed E-state index contributed by atoms with van der Waals surface area (Å²) in [6.45, 7) is 10.2. The maximum absolute atomic E-state index is 12.5. The molecule has 2 N–H and O–H groups in total. The SMILES string of the molecule is C/C=C(/C)C(=O)O[C@H]1[C@@H](O)[C@@H](OC(C)=O)[C@H](OC(=O)/C(C)=C\C)[C@@H](OC(=O)/C(C)=C\C)[C@@H]1O. The molecule has 0 aromatic heterocycles. The number of esters is 4. The Bertz CT molecular complexity index is 853. The van der Waals surface area contributed by atoms with E-state index in [9.17, 15) is 29.4 Å². The van der Waals surface area contributed by atoms with Crippen LogP contribution in [0.1, 0.15) is 48.5 Å². The average Bonchev–Trinajstić information content (AvgIpc) is 2.79. The predicted molar refractivity (Wildman–Crippen MR) is 116 cm³/mol. The van der Waals surface area contributed by atoms with Crippen molar-refractivity contribution in [2.75, 3.05) is 0 Å². The van der Waals surface area contributed by atoms with Crippen LogP contribution in [0.3, 0.4) is 0 Å². The van der Waals surface area contributed by atoms with E-state index in [-0.39, 0.29) is 16.7 Å². The van der Waals surface area contributed by atoms with Gasteiger partial charge in [-0.3, -0.25) is 4.79 Å². The van der Waals surface area contributed by atoms with Gasteiger partial charge in [-0.05, 0) is 41.5 Å². The number of carbonyl (C=O) groups is 4. The number of rotatable bonds is 7. The van der Waals surface area contributed by atoms with Gasteiger partial charge in [0.25, 0.3) is 0 Å². The van der Waals surface area contributed by atoms with E-state index < -0.39 is 60.5 Å². The largest absolute Gasteiger partial charge is 0.455 e. The predicted octanol–water partition coefficient (Wildman–Crippen LogP) is 1.29. The molecule has 10 nitrogen and oxygen atoms in total. The van der Waals surface area contributed by atoms with Gasteiger partial charge in [-0.25, -0.2) is 14.4 Å². The zero-order valence-electron chi connectivity index (χ0n) is 19.9. The lowest BCUT2D eigenvalue weighted by molar-refractivity contribution is -0.249. The van der Waals surface area contributed by atoms with Gasteiger partial charge in [0.05, 0.1) is 0 Å². The minimum absolute atomic E-state index is 0.186. The Labute approximate surface area is 192 Å². The second kappa shape index (κ2) is 12.3. The molecule has 0 heterocycles. The zero-order valence-corrected chi connectivity index (χ0v) is 19.9. The number of hydrogen-bond donors (Lipinski definition) is 2. The molecule has 0 amide bonds. The van der Waals surface area contributed by atoms with Crippen LogP contribution in [-0.4, -0.2) is 70.7 Å². The minimum Gasteiger partial charge on any atom is -0.455 e. The van der Waals surface area contributed by atoms with E-state index >= 15 is 0 Å². The van der Waals surface area contributed by atoms with Crippen LogP contribution in [0.4, 0.5) is 0 Å². The fourth-order valence-electron chi connectivity index (χ4n) is 2.89. The first kappa shape index (κ1) is 28.1. The van der Waals surface area contributed by atoms with Gasteiger partial charge in [0.15, 0.2) is 24.4 Å². The maximum Gasteiger partial charge on any atom is 0.333 e. The Morgan fingerprint density at radius 2 is 0.848 bits per heavy atom. The quantitative estimate of drug-likeness (QED) is 0.318. The van der Waals surface area contributed by atoms with Crippen LogP contribution < -0.4 is 0 Å². The first-order valence-electron chi connectivity index (χ1n) is 10.4. The third kappa shape index (κ3) is 7.00. The molecule has 6 atom stereocenters. The minimum atomic E-state index is -1.81. The van der Waals surface area contributed by atoms with Crippen LogP contribution in [0, 0.1) is 0 Å². The second-order valence-corrected chi connectivity index (χ2v) is 7.58. The van der Waals surface area contributed by atoms with Crippen molar-refractivity contribution < 1.29 is 48.3 Å². The van der Waals surface area contributed by atoms with E-state index in [1.807, 2.05) is 0 Å². The summed E-state index contributed by atoms with van der Waals surface area (Å²) in [5.74, 6) is -3.39. The zero-order chi connectivity index (χ0) is 25.5. The molecule has 33 heavy (non-hydrogen) atoms. The Morgan fingerprint density at radius 3 is 1.18 bits per heavy atom. The van der Waals surface area contributed by atoms with E-state index in [1.165, 1.54) is 39.0 Å². The number of carbonyl (C=O) groups excluding carboxylic acids is 4. The van der Waals surface area contributed by atoms with Crippen molar-refractivity contribution in [2.24, 2.45) is 0 Å². The van der Waals surface area contributed by atoms with Crippen molar-refractivity contribution in [3.8, 4) is 0 Å². The second-order valence-electron chi connectivity index (χ2n) is 7.58. The summed E-state index contributed by atoms with van der Waals surface area (Å²) in [6, 6.07) is 0. The maximum atomic E-state index is 12.5. The molecule has 184 valence electrons. The molecule has 0 saturated heterocycles. The molecule has 1 aliphatic rings. The van der Waals surface area contributed by atoms with Crippen LogP contribution in [-0.2, 0) is 38.1 Å². The van der Waals surface area contributed by atoms with E-state index in [2.05, 4.69) is 0 Å². The van der Waals surface area contributed by atoms with Crippen LogP contribution in [0.5, 0.6) is 0 Å². The number of aliphatic hydroxyl groups excluding tert-OH is 2. The van der Waals surface area contributed by atoms with Crippen LogP contribution >= 0.6 is 0 Å². The highest BCUT2D eigenvalue weighted by atomic mass is 16.6. The summed E-state index contributed by atoms with van der Waals surface area (Å²) in [7, 11) is 0. The molecule has 0 radical (unpaired) electrons. The normalized spacial score (nSPS) is 28.6. The van der Waals surface area contributed by atoms with Crippen molar-refractivity contribution in [2.45, 2.75) is 85.1 Å². The lowest BCUT2D eigenvalue weighted by Gasteiger charge is -2.45. The van der Waals surface area contributed by atoms with Gasteiger partial charge in [0, 0.05) is 23.6 Å². The van der Waals surface area contributed by atoms with Crippen LogP contribution in [0.2, 0.25) is 0 Å². The molecule has 0 unspecified atom stereocenters. The van der Waals surface area contributed by atoms with Gasteiger partial charge < -0.3 is 29.2 Å². The monoisotopic (exact) mass is 468 g/mol. The van der Waals surface area contributed by atoms with Gasteiger partial charge in [0.1, 0.15) is 12.2 Å². The van der Waals surface area contributed by atoms with E-state index in [1.54, 1.807) is 20.8 Å². The molecule has 0 bridgehead atoms. The highest BCUT2D eigenvalue weighted by Gasteiger charge is 2.57. The standard InChI is InChI=1S/C23H32O10/c1-8-11(4)21(27)31-17-15(25)18(30-14(7)24)20(33-23(29)13(6)10-3)19(16(17)26)32-22(28)12(5)9-2/h8-10,15-20,25-26H,1-7H3/b11-8-,12-9-,13-10-/t15-,16-,17+,18-,19+,20+/m1/s1. The smallest absolute Gasteiger partial charge is 0.333 e. The van der Waals surface area contributed by atoms with E-state index in [0.717, 1.165) is 6.92 Å². The Morgan fingerprint density at radius 1 is 0.545 bits per heavy atom. The van der Waals surface area contributed by atoms with Crippen molar-refractivity contribution in [3.05, 3.63) is 34.9 Å². The van der Waals surface area contributed by atoms with E-state index in [4.69, 9.17) is 18.9 Å². The third-order valence-corrected chi connectivity index (χ3v) is 5.29. The summed E-state index contributed by atoms with van der Waals surface area (Å²) in [5, 5.41) is 21.8. The highest BCUT2D eigenvalue weighted by molar-refractivity contribution is 5.89. The molecule has 0 spiro atoms. The summed E-state index contributed by atoms with van der Waals surface area (Å²) >= 11 is 0. The third-order valence-electron chi connectivity index (χ3n) is 5.29. The summed E-state index contributed by atoms with van der Waals surface area (Å²) in [5.41, 5.74) is 0.562. The van der Waals surface area contributed by atoms with Crippen LogP contribution in [0.25, 0.3) is 0 Å². The van der Waals surface area contributed by atoms with Crippen LogP contribution in [0.15, 0.2) is 34.9 Å². The first-order valence-corrected chi connectivity index (χ1v) is 10.4. The topological polar surface area (TPSA) is 146 Å². The Hall–Kier alpha value is -2.98. The molecular weight excluding hydrogens is 436 g/mol. The van der Waals surface area contributed by atoms with Crippen molar-refractivity contribution in [1.82, 2.24) is 0 Å². The van der Waals surface area contributed by atoms with Gasteiger partial charge in [-0.1, -0.05) is 18.2 Å². The molecule has 1 saturated carbocycles. The lowest BCUT2D eigenvalue weighted by atomic mass is 9.84. The van der Waals surface area contributed by atoms with Crippen molar-refractivity contribution in [3.63, 3.8) is 0 Å². The summed E-state index contributed by atoms with van der Waals surface area (Å²) in [6.07, 6.45) is -5.68. The number of ether oxygens (including phenoxy) is 4. The van der Waals surface area contributed by atoms with Gasteiger partial charge in [-0.2, -0.15) is 0 Å². The number of aliphatic hydroxyl groups is 2. The molecule has 0 aromatic carbocycles. The fraction of sp³-hybridized carbons (Fsp3) is 0.565. The van der Waals surface area contributed by atoms with Gasteiger partial charge in [0.2, 0.25) is 0 Å². The molecule has 1 aliphatic carbocycles. The summed E-state index contributed by atoms with van der Waals surface area (Å²) in [4.78, 5) is 49.0. The number of allylic oxidation sites excluding steroid dienone is 3. The van der Waals surface area contributed by atoms with E-state index in [0.29, 0.717) is 0 Å². The first-order chi connectivity index (χ1) is 15.4. The Kier molecular flexibility index (Phi) is 10.5. The van der Waals surface area contributed by atoms with Crippen molar-refractivity contribution >= 4 is 23.9 Å². The summed E-state index contributed by atoms with van der Waals surface area (Å²) < 4.78 is 21.2. The fourth-order valence-corrected chi connectivity index (χ4v) is 2.89. The molecule has 0 aromatic rings. The molecular formula is C23H32O10. The molecule has 1 rings (SSSR count). The van der Waals surface area contributed by atoms with Gasteiger partial charge in [-0.15, -0.1) is 0 Å². The Balaban J connectivity index is 3.51. The van der Waals surface area contributed by atoms with Gasteiger partial charge >= 0.3 is 23.9 Å². The average molecular weight is 468 g/mol. The molecule has 10 heteroatoms. The molecule has 1 fully saturated rings. The molecule has 0 aliphatic heterocycles. The van der Waals surface area contributed by atoms with Crippen molar-refractivity contribution in [1.29, 1.82) is 0 Å². The lowest BCUT2D eigenvalue weighted by Crippen LogP contribution is -2.67.